The van der Waals surface area contributed by atoms with E-state index < -0.39 is 33.5 Å². The van der Waals surface area contributed by atoms with Gasteiger partial charge in [0.25, 0.3) is 0 Å². The van der Waals surface area contributed by atoms with Crippen LogP contribution in [0.1, 0.15) is 17.5 Å². The maximum Gasteiger partial charge on any atom is 0.245 e. The molecule has 0 aromatic heterocycles. The van der Waals surface area contributed by atoms with Gasteiger partial charge in [0.2, 0.25) is 15.9 Å². The van der Waals surface area contributed by atoms with Crippen LogP contribution in [0.2, 0.25) is 5.02 Å². The highest BCUT2D eigenvalue weighted by molar-refractivity contribution is 7.88. The minimum absolute atomic E-state index is 0.00142. The molecule has 1 saturated heterocycles. The van der Waals surface area contributed by atoms with Gasteiger partial charge in [-0.3, -0.25) is 4.79 Å². The molecule has 0 saturated carbocycles. The molecule has 9 heteroatoms. The molecule has 1 fully saturated rings. The molecule has 1 heterocycles. The van der Waals surface area contributed by atoms with E-state index in [9.17, 15) is 22.0 Å². The van der Waals surface area contributed by atoms with Gasteiger partial charge < -0.3 is 4.90 Å². The summed E-state index contributed by atoms with van der Waals surface area (Å²) < 4.78 is 54.4. The number of nitrogens with one attached hydrogen (secondary N) is 1. The number of carbonyl (C=O) groups excluding carboxylic acids is 1. The predicted octanol–water partition coefficient (Wildman–Crippen LogP) is 3.15. The van der Waals surface area contributed by atoms with E-state index in [2.05, 4.69) is 4.72 Å². The Labute approximate surface area is 161 Å². The van der Waals surface area contributed by atoms with Crippen molar-refractivity contribution in [1.82, 2.24) is 4.72 Å². The summed E-state index contributed by atoms with van der Waals surface area (Å²) in [4.78, 5) is 14.0. The fourth-order valence-corrected chi connectivity index (χ4v) is 4.68. The van der Waals surface area contributed by atoms with Crippen molar-refractivity contribution in [2.45, 2.75) is 25.1 Å². The first kappa shape index (κ1) is 19.7. The van der Waals surface area contributed by atoms with Gasteiger partial charge in [-0.1, -0.05) is 17.7 Å². The Bertz CT molecular complexity index is 978. The van der Waals surface area contributed by atoms with Crippen molar-refractivity contribution in [3.63, 3.8) is 0 Å². The topological polar surface area (TPSA) is 66.5 Å². The van der Waals surface area contributed by atoms with Crippen molar-refractivity contribution in [2.75, 3.05) is 11.4 Å². The van der Waals surface area contributed by atoms with Crippen molar-refractivity contribution < 1.29 is 22.0 Å². The summed E-state index contributed by atoms with van der Waals surface area (Å²) in [6, 6.07) is 7.19. The minimum atomic E-state index is -4.00. The number of hydrogen-bond donors (Lipinski definition) is 1. The second-order valence-corrected chi connectivity index (χ2v) is 8.50. The SMILES string of the molecule is Cc1cc(N2CC[C@@H](NS(=O)(=O)Cc3c(F)cccc3Cl)C2=O)ccc1F. The Morgan fingerprint density at radius 3 is 2.63 bits per heavy atom. The van der Waals surface area contributed by atoms with E-state index in [4.69, 9.17) is 11.6 Å². The number of sulfonamides is 1. The molecule has 144 valence electrons. The lowest BCUT2D eigenvalue weighted by molar-refractivity contribution is -0.118. The van der Waals surface area contributed by atoms with Crippen molar-refractivity contribution in [3.8, 4) is 0 Å². The zero-order chi connectivity index (χ0) is 19.8. The maximum absolute atomic E-state index is 13.8. The van der Waals surface area contributed by atoms with Crippen LogP contribution in [0.4, 0.5) is 14.5 Å². The van der Waals surface area contributed by atoms with Gasteiger partial charge in [0, 0.05) is 22.8 Å². The molecular weight excluding hydrogens is 398 g/mol. The summed E-state index contributed by atoms with van der Waals surface area (Å²) in [5.41, 5.74) is 0.736. The molecule has 0 unspecified atom stereocenters. The van der Waals surface area contributed by atoms with Crippen LogP contribution >= 0.6 is 11.6 Å². The lowest BCUT2D eigenvalue weighted by Crippen LogP contribution is -2.42. The van der Waals surface area contributed by atoms with Crippen molar-refractivity contribution in [3.05, 3.63) is 64.2 Å². The monoisotopic (exact) mass is 414 g/mol. The fraction of sp³-hybridized carbons (Fsp3) is 0.278. The van der Waals surface area contributed by atoms with Crippen LogP contribution in [0, 0.1) is 18.6 Å². The lowest BCUT2D eigenvalue weighted by Gasteiger charge is -2.18. The molecule has 1 N–H and O–H groups in total. The molecule has 3 rings (SSSR count). The Balaban J connectivity index is 1.74. The number of nitrogens with zero attached hydrogens (tertiary/aromatic N) is 1. The molecule has 5 nitrogen and oxygen atoms in total. The van der Waals surface area contributed by atoms with Gasteiger partial charge in [-0.2, -0.15) is 0 Å². The molecule has 0 radical (unpaired) electrons. The minimum Gasteiger partial charge on any atom is -0.311 e. The third-order valence-corrected chi connectivity index (χ3v) is 6.04. The Morgan fingerprint density at radius 2 is 1.96 bits per heavy atom. The van der Waals surface area contributed by atoms with E-state index in [0.29, 0.717) is 11.3 Å². The zero-order valence-corrected chi connectivity index (χ0v) is 15.9. The van der Waals surface area contributed by atoms with Crippen molar-refractivity contribution in [2.24, 2.45) is 0 Å². The number of rotatable bonds is 5. The first-order valence-corrected chi connectivity index (χ1v) is 10.2. The summed E-state index contributed by atoms with van der Waals surface area (Å²) in [5.74, 6) is -2.22. The van der Waals surface area contributed by atoms with E-state index in [1.807, 2.05) is 0 Å². The lowest BCUT2D eigenvalue weighted by atomic mass is 10.2. The van der Waals surface area contributed by atoms with Crippen LogP contribution in [0.15, 0.2) is 36.4 Å². The average molecular weight is 415 g/mol. The molecular formula is C18H17ClF2N2O3S. The van der Waals surface area contributed by atoms with E-state index in [0.717, 1.165) is 6.07 Å². The van der Waals surface area contributed by atoms with Gasteiger partial charge in [0.1, 0.15) is 17.7 Å². The Kier molecular flexibility index (Phi) is 5.50. The van der Waals surface area contributed by atoms with Gasteiger partial charge in [0.05, 0.1) is 5.75 Å². The highest BCUT2D eigenvalue weighted by Crippen LogP contribution is 2.25. The number of benzene rings is 2. The quantitative estimate of drug-likeness (QED) is 0.817. The fourth-order valence-electron chi connectivity index (χ4n) is 2.96. The van der Waals surface area contributed by atoms with Gasteiger partial charge in [-0.25, -0.2) is 21.9 Å². The summed E-state index contributed by atoms with van der Waals surface area (Å²) in [6.07, 6.45) is 0.249. The van der Waals surface area contributed by atoms with Crippen LogP contribution in [0.3, 0.4) is 0 Å². The highest BCUT2D eigenvalue weighted by Gasteiger charge is 2.35. The van der Waals surface area contributed by atoms with Crippen LogP contribution in [0.25, 0.3) is 0 Å². The second kappa shape index (κ2) is 7.53. The zero-order valence-electron chi connectivity index (χ0n) is 14.4. The summed E-state index contributed by atoms with van der Waals surface area (Å²) in [6.45, 7) is 1.87. The third kappa shape index (κ3) is 4.28. The number of anilines is 1. The van der Waals surface area contributed by atoms with Crippen LogP contribution < -0.4 is 9.62 Å². The van der Waals surface area contributed by atoms with E-state index in [-0.39, 0.29) is 29.4 Å². The first-order valence-electron chi connectivity index (χ1n) is 8.18. The van der Waals surface area contributed by atoms with Crippen molar-refractivity contribution >= 4 is 33.2 Å². The molecule has 1 atom stereocenters. The predicted molar refractivity (Wildman–Crippen MR) is 99.1 cm³/mol. The Hall–Kier alpha value is -2.03. The van der Waals surface area contributed by atoms with E-state index >= 15 is 0 Å². The van der Waals surface area contributed by atoms with Crippen LogP contribution in [-0.2, 0) is 20.6 Å². The molecule has 0 spiro atoms. The van der Waals surface area contributed by atoms with E-state index in [1.165, 1.54) is 35.2 Å². The van der Waals surface area contributed by atoms with Gasteiger partial charge in [-0.05, 0) is 49.2 Å². The smallest absolute Gasteiger partial charge is 0.245 e. The van der Waals surface area contributed by atoms with Gasteiger partial charge in [-0.15, -0.1) is 0 Å². The molecule has 1 aliphatic rings. The molecule has 0 aliphatic carbocycles. The van der Waals surface area contributed by atoms with Crippen molar-refractivity contribution in [1.29, 1.82) is 0 Å². The van der Waals surface area contributed by atoms with Gasteiger partial charge >= 0.3 is 0 Å². The molecule has 2 aromatic carbocycles. The molecule has 0 bridgehead atoms. The maximum atomic E-state index is 13.8. The molecule has 27 heavy (non-hydrogen) atoms. The van der Waals surface area contributed by atoms with Crippen LogP contribution in [0.5, 0.6) is 0 Å². The highest BCUT2D eigenvalue weighted by atomic mass is 35.5. The molecule has 1 amide bonds. The summed E-state index contributed by atoms with van der Waals surface area (Å²) in [5, 5.41) is 0.00142. The molecule has 2 aromatic rings. The molecule has 1 aliphatic heterocycles. The Morgan fingerprint density at radius 1 is 1.22 bits per heavy atom. The van der Waals surface area contributed by atoms with Crippen LogP contribution in [-0.4, -0.2) is 26.9 Å². The number of aryl methyl sites for hydroxylation is 1. The van der Waals surface area contributed by atoms with Gasteiger partial charge in [0.15, 0.2) is 0 Å². The number of halogens is 3. The summed E-state index contributed by atoms with van der Waals surface area (Å²) in [7, 11) is -4.00. The largest absolute Gasteiger partial charge is 0.311 e. The second-order valence-electron chi connectivity index (χ2n) is 6.34. The number of amides is 1. The van der Waals surface area contributed by atoms with E-state index in [1.54, 1.807) is 6.92 Å². The third-order valence-electron chi connectivity index (χ3n) is 4.38. The standard InChI is InChI=1S/C18H17ClF2N2O3S/c1-11-9-12(5-6-15(11)20)23-8-7-17(18(23)24)22-27(25,26)10-13-14(19)3-2-4-16(13)21/h2-6,9,17,22H,7-8,10H2,1H3/t17-/m1/s1. The summed E-state index contributed by atoms with van der Waals surface area (Å²) >= 11 is 5.87. The normalized spacial score (nSPS) is 17.6. The average Bonchev–Trinajstić information content (AvgIpc) is 2.94. The number of hydrogen-bond acceptors (Lipinski definition) is 3. The first-order chi connectivity index (χ1) is 12.7. The number of carbonyl (C=O) groups is 1.